The van der Waals surface area contributed by atoms with Gasteiger partial charge in [-0.05, 0) is 12.1 Å². The summed E-state index contributed by atoms with van der Waals surface area (Å²) in [5.74, 6) is 0. The van der Waals surface area contributed by atoms with Crippen LogP contribution in [0.15, 0.2) is 31.0 Å². The minimum Gasteiger partial charge on any atom is -0.369 e. The van der Waals surface area contributed by atoms with Crippen molar-refractivity contribution in [2.75, 3.05) is 18.5 Å². The van der Waals surface area contributed by atoms with Gasteiger partial charge >= 0.3 is 0 Å². The number of pyridine rings is 1. The van der Waals surface area contributed by atoms with Crippen molar-refractivity contribution in [2.45, 2.75) is 0 Å². The molecule has 0 saturated heterocycles. The number of nitriles is 1. The predicted octanol–water partition coefficient (Wildman–Crippen LogP) is 1.58. The van der Waals surface area contributed by atoms with Crippen molar-refractivity contribution in [3.8, 4) is 6.07 Å². The lowest BCUT2D eigenvalue weighted by molar-refractivity contribution is 1.01. The van der Waals surface area contributed by atoms with E-state index >= 15 is 0 Å². The normalized spacial score (nSPS) is 8.92. The van der Waals surface area contributed by atoms with Crippen LogP contribution in [0, 0.1) is 11.3 Å². The molecule has 0 unspecified atom stereocenters. The Morgan fingerprint density at radius 1 is 1.77 bits per heavy atom. The van der Waals surface area contributed by atoms with Crippen molar-refractivity contribution in [1.82, 2.24) is 4.98 Å². The molecule has 0 radical (unpaired) electrons. The summed E-state index contributed by atoms with van der Waals surface area (Å²) in [5, 5.41) is 8.77. The van der Waals surface area contributed by atoms with Gasteiger partial charge in [-0.15, -0.1) is 6.58 Å². The Hall–Kier alpha value is -1.82. The van der Waals surface area contributed by atoms with Gasteiger partial charge in [0.15, 0.2) is 5.69 Å². The summed E-state index contributed by atoms with van der Waals surface area (Å²) in [5.41, 5.74) is 1.29. The summed E-state index contributed by atoms with van der Waals surface area (Å²) in [6.07, 6.45) is 3.40. The fourth-order valence-corrected chi connectivity index (χ4v) is 1.08. The van der Waals surface area contributed by atoms with Crippen molar-refractivity contribution < 1.29 is 0 Å². The summed E-state index contributed by atoms with van der Waals surface area (Å²) in [6, 6.07) is 5.73. The van der Waals surface area contributed by atoms with Crippen molar-refractivity contribution in [3.05, 3.63) is 36.7 Å². The first-order chi connectivity index (χ1) is 6.29. The van der Waals surface area contributed by atoms with Crippen LogP contribution in [0.2, 0.25) is 0 Å². The Morgan fingerprint density at radius 3 is 3.15 bits per heavy atom. The van der Waals surface area contributed by atoms with E-state index in [1.54, 1.807) is 12.3 Å². The lowest BCUT2D eigenvalue weighted by Gasteiger charge is -2.17. The molecule has 1 rings (SSSR count). The summed E-state index contributed by atoms with van der Waals surface area (Å²) in [7, 11) is 1.90. The fraction of sp³-hybridized carbons (Fsp3) is 0.200. The zero-order chi connectivity index (χ0) is 9.68. The topological polar surface area (TPSA) is 39.9 Å². The minimum absolute atomic E-state index is 0.451. The van der Waals surface area contributed by atoms with Gasteiger partial charge in [0.05, 0.1) is 5.69 Å². The molecular formula is C10H11N3. The second-order valence-electron chi connectivity index (χ2n) is 2.65. The predicted molar refractivity (Wildman–Crippen MR) is 52.4 cm³/mol. The van der Waals surface area contributed by atoms with E-state index < -0.39 is 0 Å². The highest BCUT2D eigenvalue weighted by molar-refractivity contribution is 5.55. The Kier molecular flexibility index (Phi) is 3.04. The van der Waals surface area contributed by atoms with E-state index in [1.807, 2.05) is 30.1 Å². The third kappa shape index (κ3) is 2.06. The Labute approximate surface area is 77.9 Å². The van der Waals surface area contributed by atoms with Crippen LogP contribution in [0.4, 0.5) is 5.69 Å². The van der Waals surface area contributed by atoms with Crippen LogP contribution in [0.5, 0.6) is 0 Å². The van der Waals surface area contributed by atoms with Gasteiger partial charge in [-0.3, -0.25) is 0 Å². The van der Waals surface area contributed by atoms with Crippen molar-refractivity contribution in [2.24, 2.45) is 0 Å². The molecular weight excluding hydrogens is 162 g/mol. The van der Waals surface area contributed by atoms with E-state index in [1.165, 1.54) is 0 Å². The third-order valence-electron chi connectivity index (χ3n) is 1.71. The van der Waals surface area contributed by atoms with E-state index in [0.717, 1.165) is 5.69 Å². The maximum absolute atomic E-state index is 8.77. The van der Waals surface area contributed by atoms with E-state index in [0.29, 0.717) is 12.2 Å². The van der Waals surface area contributed by atoms with Crippen LogP contribution in [0.1, 0.15) is 5.69 Å². The van der Waals surface area contributed by atoms with Crippen molar-refractivity contribution in [1.29, 1.82) is 5.26 Å². The smallest absolute Gasteiger partial charge is 0.163 e. The highest BCUT2D eigenvalue weighted by Gasteiger charge is 2.04. The molecule has 3 heteroatoms. The molecule has 0 atom stereocenters. The van der Waals surface area contributed by atoms with Gasteiger partial charge < -0.3 is 4.90 Å². The number of hydrogen-bond acceptors (Lipinski definition) is 3. The highest BCUT2D eigenvalue weighted by Crippen LogP contribution is 2.14. The second-order valence-corrected chi connectivity index (χ2v) is 2.65. The van der Waals surface area contributed by atoms with Crippen molar-refractivity contribution >= 4 is 5.69 Å². The monoisotopic (exact) mass is 173 g/mol. The van der Waals surface area contributed by atoms with Gasteiger partial charge in [-0.2, -0.15) is 5.26 Å². The summed E-state index contributed by atoms with van der Waals surface area (Å²) in [4.78, 5) is 5.89. The standard InChI is InChI=1S/C10H11N3/c1-3-7-13(2)10-5-4-6-12-9(10)8-11/h3-6H,1,7H2,2H3. The summed E-state index contributed by atoms with van der Waals surface area (Å²) >= 11 is 0. The summed E-state index contributed by atoms with van der Waals surface area (Å²) in [6.45, 7) is 4.35. The number of aromatic nitrogens is 1. The molecule has 0 amide bonds. The zero-order valence-electron chi connectivity index (χ0n) is 7.57. The van der Waals surface area contributed by atoms with Crippen LogP contribution >= 0.6 is 0 Å². The quantitative estimate of drug-likeness (QED) is 0.651. The molecule has 0 aromatic carbocycles. The molecule has 0 fully saturated rings. The molecule has 0 N–H and O–H groups in total. The first kappa shape index (κ1) is 9.27. The van der Waals surface area contributed by atoms with Gasteiger partial charge in [0.2, 0.25) is 0 Å². The van der Waals surface area contributed by atoms with Crippen LogP contribution in [0.25, 0.3) is 0 Å². The number of anilines is 1. The van der Waals surface area contributed by atoms with E-state index in [9.17, 15) is 0 Å². The SMILES string of the molecule is C=CCN(C)c1cccnc1C#N. The fourth-order valence-electron chi connectivity index (χ4n) is 1.08. The first-order valence-corrected chi connectivity index (χ1v) is 3.96. The number of hydrogen-bond donors (Lipinski definition) is 0. The van der Waals surface area contributed by atoms with Gasteiger partial charge in [0.1, 0.15) is 6.07 Å². The molecule has 66 valence electrons. The Bertz CT molecular complexity index is 338. The zero-order valence-corrected chi connectivity index (χ0v) is 7.57. The van der Waals surface area contributed by atoms with Crippen LogP contribution in [-0.4, -0.2) is 18.6 Å². The molecule has 3 nitrogen and oxygen atoms in total. The van der Waals surface area contributed by atoms with E-state index in [-0.39, 0.29) is 0 Å². The van der Waals surface area contributed by atoms with Gasteiger partial charge in [-0.1, -0.05) is 6.08 Å². The Balaban J connectivity index is 2.99. The Morgan fingerprint density at radius 2 is 2.54 bits per heavy atom. The molecule has 0 aliphatic rings. The maximum atomic E-state index is 8.77. The largest absolute Gasteiger partial charge is 0.369 e. The average molecular weight is 173 g/mol. The molecule has 0 bridgehead atoms. The maximum Gasteiger partial charge on any atom is 0.163 e. The number of rotatable bonds is 3. The van der Waals surface area contributed by atoms with Gasteiger partial charge in [0, 0.05) is 19.8 Å². The number of likely N-dealkylation sites (N-methyl/N-ethyl adjacent to an activating group) is 1. The molecule has 0 aliphatic carbocycles. The average Bonchev–Trinajstić information content (AvgIpc) is 2.18. The van der Waals surface area contributed by atoms with Crippen molar-refractivity contribution in [3.63, 3.8) is 0 Å². The molecule has 0 saturated carbocycles. The molecule has 13 heavy (non-hydrogen) atoms. The minimum atomic E-state index is 0.451. The lowest BCUT2D eigenvalue weighted by Crippen LogP contribution is -2.18. The van der Waals surface area contributed by atoms with E-state index in [4.69, 9.17) is 5.26 Å². The third-order valence-corrected chi connectivity index (χ3v) is 1.71. The summed E-state index contributed by atoms with van der Waals surface area (Å²) < 4.78 is 0. The van der Waals surface area contributed by atoms with E-state index in [2.05, 4.69) is 11.6 Å². The molecule has 0 spiro atoms. The van der Waals surface area contributed by atoms with Gasteiger partial charge in [-0.25, -0.2) is 4.98 Å². The lowest BCUT2D eigenvalue weighted by atomic mass is 10.3. The highest BCUT2D eigenvalue weighted by atomic mass is 15.1. The van der Waals surface area contributed by atoms with Crippen LogP contribution < -0.4 is 4.90 Å². The van der Waals surface area contributed by atoms with Crippen LogP contribution in [0.3, 0.4) is 0 Å². The second kappa shape index (κ2) is 4.27. The van der Waals surface area contributed by atoms with Gasteiger partial charge in [0.25, 0.3) is 0 Å². The molecule has 1 heterocycles. The first-order valence-electron chi connectivity index (χ1n) is 3.96. The molecule has 1 aromatic rings. The number of nitrogens with zero attached hydrogens (tertiary/aromatic N) is 3. The molecule has 1 aromatic heterocycles. The molecule has 0 aliphatic heterocycles. The van der Waals surface area contributed by atoms with Crippen LogP contribution in [-0.2, 0) is 0 Å².